The summed E-state index contributed by atoms with van der Waals surface area (Å²) in [5.74, 6) is -2.38. The molecule has 1 aromatic carbocycles. The molecule has 0 spiro atoms. The van der Waals surface area contributed by atoms with Gasteiger partial charge >= 0.3 is 5.97 Å². The predicted octanol–water partition coefficient (Wildman–Crippen LogP) is 1.74. The van der Waals surface area contributed by atoms with Crippen LogP contribution < -0.4 is 0 Å². The fourth-order valence-electron chi connectivity index (χ4n) is 1.37. The molecule has 0 aliphatic carbocycles. The first-order valence-electron chi connectivity index (χ1n) is 5.07. The van der Waals surface area contributed by atoms with Crippen LogP contribution in [-0.2, 0) is 14.8 Å². The van der Waals surface area contributed by atoms with Crippen molar-refractivity contribution in [1.82, 2.24) is 4.31 Å². The lowest BCUT2D eigenvalue weighted by molar-refractivity contribution is -0.137. The molecule has 0 heterocycles. The van der Waals surface area contributed by atoms with E-state index in [9.17, 15) is 17.6 Å². The van der Waals surface area contributed by atoms with Gasteiger partial charge in [-0.1, -0.05) is 17.7 Å². The summed E-state index contributed by atoms with van der Waals surface area (Å²) < 4.78 is 38.5. The Kier molecular flexibility index (Phi) is 5.04. The Morgan fingerprint density at radius 2 is 2.16 bits per heavy atom. The largest absolute Gasteiger partial charge is 0.480 e. The smallest absolute Gasteiger partial charge is 0.318 e. The lowest BCUT2D eigenvalue weighted by Crippen LogP contribution is -2.36. The van der Waals surface area contributed by atoms with Gasteiger partial charge in [0, 0.05) is 11.6 Å². The summed E-state index contributed by atoms with van der Waals surface area (Å²) >= 11 is 5.53. The Bertz CT molecular complexity index is 603. The fraction of sp³-hybridized carbons (Fsp3) is 0.182. The second-order valence-corrected chi connectivity index (χ2v) is 5.90. The normalized spacial score (nSPS) is 11.5. The Morgan fingerprint density at radius 1 is 1.53 bits per heavy atom. The summed E-state index contributed by atoms with van der Waals surface area (Å²) in [5.41, 5.74) is 0. The van der Waals surface area contributed by atoms with Crippen LogP contribution >= 0.6 is 11.6 Å². The number of rotatable bonds is 6. The predicted molar refractivity (Wildman–Crippen MR) is 68.0 cm³/mol. The van der Waals surface area contributed by atoms with E-state index in [1.165, 1.54) is 12.1 Å². The minimum Gasteiger partial charge on any atom is -0.480 e. The molecule has 0 saturated heterocycles. The van der Waals surface area contributed by atoms with Crippen LogP contribution in [0.3, 0.4) is 0 Å². The Labute approximate surface area is 115 Å². The second-order valence-electron chi connectivity index (χ2n) is 3.55. The standard InChI is InChI=1S/C11H11ClFNO4S/c1-2-5-14(7-11(15)16)19(17,18)10-4-3-8(12)6-9(10)13/h2-4,6H,1,5,7H2,(H,15,16). The van der Waals surface area contributed by atoms with Crippen molar-refractivity contribution in [2.45, 2.75) is 4.90 Å². The first-order chi connectivity index (χ1) is 8.78. The Balaban J connectivity index is 3.25. The number of carboxylic acids is 1. The summed E-state index contributed by atoms with van der Waals surface area (Å²) in [6, 6.07) is 3.05. The second kappa shape index (κ2) is 6.14. The van der Waals surface area contributed by atoms with E-state index < -0.39 is 33.3 Å². The zero-order valence-electron chi connectivity index (χ0n) is 9.71. The van der Waals surface area contributed by atoms with Crippen LogP contribution in [0.4, 0.5) is 4.39 Å². The molecule has 0 radical (unpaired) electrons. The monoisotopic (exact) mass is 307 g/mol. The molecular weight excluding hydrogens is 297 g/mol. The van der Waals surface area contributed by atoms with Crippen LogP contribution in [0.25, 0.3) is 0 Å². The number of sulfonamides is 1. The van der Waals surface area contributed by atoms with Crippen molar-refractivity contribution in [3.63, 3.8) is 0 Å². The number of hydrogen-bond acceptors (Lipinski definition) is 3. The lowest BCUT2D eigenvalue weighted by Gasteiger charge is -2.18. The van der Waals surface area contributed by atoms with Gasteiger partial charge in [-0.2, -0.15) is 4.31 Å². The summed E-state index contributed by atoms with van der Waals surface area (Å²) in [6.45, 7) is 2.32. The third-order valence-corrected chi connectivity index (χ3v) is 4.24. The topological polar surface area (TPSA) is 74.7 Å². The highest BCUT2D eigenvalue weighted by Crippen LogP contribution is 2.22. The highest BCUT2D eigenvalue weighted by atomic mass is 35.5. The van der Waals surface area contributed by atoms with Gasteiger partial charge in [-0.3, -0.25) is 4.79 Å². The highest BCUT2D eigenvalue weighted by Gasteiger charge is 2.28. The molecular formula is C11H11ClFNO4S. The number of halogens is 2. The van der Waals surface area contributed by atoms with Crippen molar-refractivity contribution in [2.75, 3.05) is 13.1 Å². The van der Waals surface area contributed by atoms with Crippen molar-refractivity contribution < 1.29 is 22.7 Å². The molecule has 1 rings (SSSR count). The van der Waals surface area contributed by atoms with Gasteiger partial charge in [0.2, 0.25) is 10.0 Å². The molecule has 8 heteroatoms. The molecule has 0 amide bonds. The zero-order chi connectivity index (χ0) is 14.6. The number of nitrogens with zero attached hydrogens (tertiary/aromatic N) is 1. The van der Waals surface area contributed by atoms with Crippen molar-refractivity contribution in [3.05, 3.63) is 41.7 Å². The van der Waals surface area contributed by atoms with Crippen LogP contribution in [0, 0.1) is 5.82 Å². The van der Waals surface area contributed by atoms with Gasteiger partial charge in [0.05, 0.1) is 0 Å². The Morgan fingerprint density at radius 3 is 2.63 bits per heavy atom. The van der Waals surface area contributed by atoms with Crippen molar-refractivity contribution in [2.24, 2.45) is 0 Å². The van der Waals surface area contributed by atoms with Gasteiger partial charge in [0.25, 0.3) is 0 Å². The van der Waals surface area contributed by atoms with E-state index in [0.29, 0.717) is 4.31 Å². The summed E-state index contributed by atoms with van der Waals surface area (Å²) in [7, 11) is -4.26. The first-order valence-corrected chi connectivity index (χ1v) is 6.88. The maximum Gasteiger partial charge on any atom is 0.318 e. The summed E-state index contributed by atoms with van der Waals surface area (Å²) in [6.07, 6.45) is 1.22. The van der Waals surface area contributed by atoms with Gasteiger partial charge in [0.15, 0.2) is 0 Å². The lowest BCUT2D eigenvalue weighted by atomic mass is 10.3. The van der Waals surface area contributed by atoms with Crippen molar-refractivity contribution in [3.8, 4) is 0 Å². The maximum absolute atomic E-state index is 13.6. The van der Waals surface area contributed by atoms with E-state index in [0.717, 1.165) is 12.1 Å². The number of carboxylic acid groups (broad SMARTS) is 1. The molecule has 0 bridgehead atoms. The van der Waals surface area contributed by atoms with E-state index in [-0.39, 0.29) is 11.6 Å². The SMILES string of the molecule is C=CCN(CC(=O)O)S(=O)(=O)c1ccc(Cl)cc1F. The number of carbonyl (C=O) groups is 1. The molecule has 19 heavy (non-hydrogen) atoms. The molecule has 0 aliphatic rings. The third-order valence-electron chi connectivity index (χ3n) is 2.16. The molecule has 104 valence electrons. The molecule has 0 unspecified atom stereocenters. The van der Waals surface area contributed by atoms with Crippen LogP contribution in [0.2, 0.25) is 5.02 Å². The van der Waals surface area contributed by atoms with Crippen LogP contribution in [0.1, 0.15) is 0 Å². The minimum absolute atomic E-state index is 0.0463. The van der Waals surface area contributed by atoms with Crippen LogP contribution in [0.5, 0.6) is 0 Å². The average molecular weight is 308 g/mol. The molecule has 5 nitrogen and oxygen atoms in total. The summed E-state index contributed by atoms with van der Waals surface area (Å²) in [5, 5.41) is 8.73. The van der Waals surface area contributed by atoms with Gasteiger partial charge < -0.3 is 5.11 Å². The molecule has 0 fully saturated rings. The fourth-order valence-corrected chi connectivity index (χ4v) is 2.93. The average Bonchev–Trinajstić information content (AvgIpc) is 2.27. The molecule has 1 aromatic rings. The number of benzene rings is 1. The maximum atomic E-state index is 13.6. The van der Waals surface area contributed by atoms with E-state index in [2.05, 4.69) is 6.58 Å². The van der Waals surface area contributed by atoms with E-state index in [1.54, 1.807) is 0 Å². The molecule has 0 saturated carbocycles. The first kappa shape index (κ1) is 15.6. The minimum atomic E-state index is -4.26. The van der Waals surface area contributed by atoms with Gasteiger partial charge in [0.1, 0.15) is 17.3 Å². The molecule has 0 atom stereocenters. The third kappa shape index (κ3) is 3.76. The van der Waals surface area contributed by atoms with Gasteiger partial charge in [-0.05, 0) is 18.2 Å². The molecule has 0 aromatic heterocycles. The zero-order valence-corrected chi connectivity index (χ0v) is 11.3. The number of aliphatic carboxylic acids is 1. The quantitative estimate of drug-likeness (QED) is 0.812. The van der Waals surface area contributed by atoms with Crippen molar-refractivity contribution >= 4 is 27.6 Å². The molecule has 1 N–H and O–H groups in total. The number of hydrogen-bond donors (Lipinski definition) is 1. The van der Waals surface area contributed by atoms with Gasteiger partial charge in [-0.15, -0.1) is 6.58 Å². The van der Waals surface area contributed by atoms with Crippen LogP contribution in [-0.4, -0.2) is 36.9 Å². The summed E-state index contributed by atoms with van der Waals surface area (Å²) in [4.78, 5) is 10.0. The Hall–Kier alpha value is -1.44. The van der Waals surface area contributed by atoms with E-state index in [1.807, 2.05) is 0 Å². The van der Waals surface area contributed by atoms with Crippen LogP contribution in [0.15, 0.2) is 35.7 Å². The van der Waals surface area contributed by atoms with Gasteiger partial charge in [-0.25, -0.2) is 12.8 Å². The van der Waals surface area contributed by atoms with E-state index in [4.69, 9.17) is 16.7 Å². The highest BCUT2D eigenvalue weighted by molar-refractivity contribution is 7.89. The molecule has 0 aliphatic heterocycles. The van der Waals surface area contributed by atoms with Crippen molar-refractivity contribution in [1.29, 1.82) is 0 Å². The van der Waals surface area contributed by atoms with E-state index >= 15 is 0 Å².